The lowest BCUT2D eigenvalue weighted by Crippen LogP contribution is -2.13. The highest BCUT2D eigenvalue weighted by Crippen LogP contribution is 2.30. The zero-order valence-corrected chi connectivity index (χ0v) is 10.2. The first-order chi connectivity index (χ1) is 8.15. The summed E-state index contributed by atoms with van der Waals surface area (Å²) >= 11 is 1.20. The first-order valence-electron chi connectivity index (χ1n) is 5.55. The van der Waals surface area contributed by atoms with Crippen molar-refractivity contribution in [2.75, 3.05) is 5.32 Å². The van der Waals surface area contributed by atoms with Gasteiger partial charge in [-0.2, -0.15) is 0 Å². The Morgan fingerprint density at radius 3 is 2.94 bits per heavy atom. The minimum atomic E-state index is 0.0191. The molecule has 1 amide bonds. The Balaban J connectivity index is 1.95. The molecule has 0 saturated heterocycles. The number of nitrogens with zero attached hydrogens (tertiary/aromatic N) is 1. The van der Waals surface area contributed by atoms with Gasteiger partial charge in [-0.1, -0.05) is 11.3 Å². The monoisotopic (exact) mass is 248 g/mol. The molecule has 1 aromatic carbocycles. The number of nitrogens with one attached hydrogen (secondary N) is 1. The number of carbonyl (C=O) groups is 1. The van der Waals surface area contributed by atoms with Crippen LogP contribution in [0.15, 0.2) is 23.0 Å². The summed E-state index contributed by atoms with van der Waals surface area (Å²) in [6, 6.07) is 5.58. The highest BCUT2D eigenvalue weighted by molar-refractivity contribution is 7.16. The number of thiazole rings is 1. The lowest BCUT2D eigenvalue weighted by molar-refractivity contribution is -0.117. The molecule has 1 aliphatic rings. The molecular formula is C12H12N2O2S. The molecule has 0 unspecified atom stereocenters. The molecule has 0 radical (unpaired) electrons. The van der Waals surface area contributed by atoms with Gasteiger partial charge < -0.3 is 9.88 Å². The molecule has 1 aromatic heterocycles. The van der Waals surface area contributed by atoms with Crippen LogP contribution in [0, 0.1) is 5.92 Å². The van der Waals surface area contributed by atoms with Crippen LogP contribution in [0.5, 0.6) is 0 Å². The summed E-state index contributed by atoms with van der Waals surface area (Å²) in [6.07, 6.45) is 1.99. The van der Waals surface area contributed by atoms with Crippen LogP contribution in [0.2, 0.25) is 0 Å². The Hall–Kier alpha value is -1.62. The average Bonchev–Trinajstić information content (AvgIpc) is 3.08. The molecule has 1 aliphatic carbocycles. The fourth-order valence-electron chi connectivity index (χ4n) is 1.80. The second kappa shape index (κ2) is 3.70. The van der Waals surface area contributed by atoms with E-state index in [0.29, 0.717) is 0 Å². The van der Waals surface area contributed by atoms with E-state index in [2.05, 4.69) is 5.32 Å². The van der Waals surface area contributed by atoms with Gasteiger partial charge in [0.15, 0.2) is 0 Å². The van der Waals surface area contributed by atoms with Crippen LogP contribution in [0.3, 0.4) is 0 Å². The van der Waals surface area contributed by atoms with Gasteiger partial charge in [0.05, 0.1) is 10.2 Å². The number of aromatic nitrogens is 1. The molecule has 0 bridgehead atoms. The predicted octanol–water partition coefficient (Wildman–Crippen LogP) is 1.95. The van der Waals surface area contributed by atoms with E-state index in [1.807, 2.05) is 18.2 Å². The Kier molecular flexibility index (Phi) is 2.29. The van der Waals surface area contributed by atoms with Crippen molar-refractivity contribution in [1.29, 1.82) is 0 Å². The SMILES string of the molecule is Cn1c(=O)sc2cc(NC(=O)C3CC3)ccc21. The molecule has 88 valence electrons. The topological polar surface area (TPSA) is 51.1 Å². The van der Waals surface area contributed by atoms with Gasteiger partial charge in [0.25, 0.3) is 0 Å². The molecule has 0 spiro atoms. The number of hydrogen-bond donors (Lipinski definition) is 1. The molecule has 3 rings (SSSR count). The van der Waals surface area contributed by atoms with Crippen LogP contribution < -0.4 is 10.2 Å². The number of aryl methyl sites for hydroxylation is 1. The maximum absolute atomic E-state index is 11.6. The van der Waals surface area contributed by atoms with Crippen molar-refractivity contribution in [3.63, 3.8) is 0 Å². The fourth-order valence-corrected chi connectivity index (χ4v) is 2.72. The largest absolute Gasteiger partial charge is 0.326 e. The minimum absolute atomic E-state index is 0.0191. The van der Waals surface area contributed by atoms with E-state index in [4.69, 9.17) is 0 Å². The number of benzene rings is 1. The molecule has 1 fully saturated rings. The quantitative estimate of drug-likeness (QED) is 0.883. The number of fused-ring (bicyclic) bond motifs is 1. The van der Waals surface area contributed by atoms with E-state index in [9.17, 15) is 9.59 Å². The molecule has 2 aromatic rings. The third-order valence-corrected chi connectivity index (χ3v) is 4.00. The molecule has 1 saturated carbocycles. The summed E-state index contributed by atoms with van der Waals surface area (Å²) in [7, 11) is 1.75. The summed E-state index contributed by atoms with van der Waals surface area (Å²) in [4.78, 5) is 23.1. The maximum Gasteiger partial charge on any atom is 0.307 e. The van der Waals surface area contributed by atoms with Gasteiger partial charge in [-0.3, -0.25) is 9.59 Å². The molecular weight excluding hydrogens is 236 g/mol. The van der Waals surface area contributed by atoms with Crippen LogP contribution in [-0.4, -0.2) is 10.5 Å². The van der Waals surface area contributed by atoms with Crippen molar-refractivity contribution < 1.29 is 4.79 Å². The predicted molar refractivity (Wildman–Crippen MR) is 68.4 cm³/mol. The van der Waals surface area contributed by atoms with Crippen molar-refractivity contribution in [3.8, 4) is 0 Å². The van der Waals surface area contributed by atoms with Crippen molar-refractivity contribution in [2.45, 2.75) is 12.8 Å². The first-order valence-corrected chi connectivity index (χ1v) is 6.37. The van der Waals surface area contributed by atoms with E-state index < -0.39 is 0 Å². The van der Waals surface area contributed by atoms with Crippen LogP contribution in [0.25, 0.3) is 10.2 Å². The van der Waals surface area contributed by atoms with Crippen LogP contribution in [0.4, 0.5) is 5.69 Å². The smallest absolute Gasteiger partial charge is 0.307 e. The number of carbonyl (C=O) groups excluding carboxylic acids is 1. The number of hydrogen-bond acceptors (Lipinski definition) is 3. The van der Waals surface area contributed by atoms with E-state index >= 15 is 0 Å². The van der Waals surface area contributed by atoms with Gasteiger partial charge in [0, 0.05) is 18.7 Å². The Labute approximate surface area is 102 Å². The normalized spacial score (nSPS) is 15.1. The van der Waals surface area contributed by atoms with Gasteiger partial charge in [-0.15, -0.1) is 0 Å². The zero-order chi connectivity index (χ0) is 12.0. The second-order valence-electron chi connectivity index (χ2n) is 4.37. The van der Waals surface area contributed by atoms with E-state index in [1.165, 1.54) is 11.3 Å². The molecule has 5 heteroatoms. The first kappa shape index (κ1) is 10.5. The van der Waals surface area contributed by atoms with Gasteiger partial charge in [-0.25, -0.2) is 0 Å². The van der Waals surface area contributed by atoms with Gasteiger partial charge >= 0.3 is 4.87 Å². The third-order valence-electron chi connectivity index (χ3n) is 3.01. The Bertz CT molecular complexity index is 652. The third kappa shape index (κ3) is 1.86. The molecule has 1 heterocycles. The maximum atomic E-state index is 11.6. The number of anilines is 1. The second-order valence-corrected chi connectivity index (χ2v) is 5.37. The number of rotatable bonds is 2. The van der Waals surface area contributed by atoms with Crippen molar-refractivity contribution >= 4 is 33.1 Å². The van der Waals surface area contributed by atoms with Gasteiger partial charge in [0.1, 0.15) is 0 Å². The van der Waals surface area contributed by atoms with E-state index in [1.54, 1.807) is 11.6 Å². The summed E-state index contributed by atoms with van der Waals surface area (Å²) in [6.45, 7) is 0. The molecule has 4 nitrogen and oxygen atoms in total. The summed E-state index contributed by atoms with van der Waals surface area (Å²) < 4.78 is 2.53. The van der Waals surface area contributed by atoms with Crippen molar-refractivity contribution in [1.82, 2.24) is 4.57 Å². The van der Waals surface area contributed by atoms with Crippen molar-refractivity contribution in [3.05, 3.63) is 27.9 Å². The van der Waals surface area contributed by atoms with Crippen LogP contribution in [0.1, 0.15) is 12.8 Å². The Morgan fingerprint density at radius 1 is 1.47 bits per heavy atom. The molecule has 17 heavy (non-hydrogen) atoms. The minimum Gasteiger partial charge on any atom is -0.326 e. The van der Waals surface area contributed by atoms with E-state index in [0.717, 1.165) is 28.7 Å². The van der Waals surface area contributed by atoms with Crippen LogP contribution in [-0.2, 0) is 11.8 Å². The summed E-state index contributed by atoms with van der Waals surface area (Å²) in [5.41, 5.74) is 1.68. The molecule has 0 aliphatic heterocycles. The number of amides is 1. The summed E-state index contributed by atoms with van der Waals surface area (Å²) in [5, 5.41) is 2.88. The summed E-state index contributed by atoms with van der Waals surface area (Å²) in [5.74, 6) is 0.285. The average molecular weight is 248 g/mol. The van der Waals surface area contributed by atoms with Gasteiger partial charge in [-0.05, 0) is 31.0 Å². The zero-order valence-electron chi connectivity index (χ0n) is 9.40. The van der Waals surface area contributed by atoms with Crippen LogP contribution >= 0.6 is 11.3 Å². The van der Waals surface area contributed by atoms with Gasteiger partial charge in [0.2, 0.25) is 5.91 Å². The molecule has 1 N–H and O–H groups in total. The lowest BCUT2D eigenvalue weighted by atomic mass is 10.3. The van der Waals surface area contributed by atoms with E-state index in [-0.39, 0.29) is 16.7 Å². The standard InChI is InChI=1S/C12H12N2O2S/c1-14-9-5-4-8(6-10(9)17-12(14)16)13-11(15)7-2-3-7/h4-7H,2-3H2,1H3,(H,13,15). The van der Waals surface area contributed by atoms with Crippen molar-refractivity contribution in [2.24, 2.45) is 13.0 Å². The fraction of sp³-hybridized carbons (Fsp3) is 0.333. The highest BCUT2D eigenvalue weighted by atomic mass is 32.1. The highest BCUT2D eigenvalue weighted by Gasteiger charge is 2.29. The Morgan fingerprint density at radius 2 is 2.24 bits per heavy atom. The molecule has 0 atom stereocenters. The lowest BCUT2D eigenvalue weighted by Gasteiger charge is -2.04.